The second-order valence-corrected chi connectivity index (χ2v) is 9.21. The number of benzene rings is 3. The lowest BCUT2D eigenvalue weighted by molar-refractivity contribution is -0.115. The summed E-state index contributed by atoms with van der Waals surface area (Å²) < 4.78 is 16.1. The molecule has 0 saturated heterocycles. The zero-order chi connectivity index (χ0) is 26.7. The van der Waals surface area contributed by atoms with Gasteiger partial charge in [-0.05, 0) is 108 Å². The van der Waals surface area contributed by atoms with Crippen LogP contribution in [0.15, 0.2) is 60.2 Å². The van der Waals surface area contributed by atoms with Crippen LogP contribution in [0.4, 0.5) is 5.69 Å². The van der Waals surface area contributed by atoms with Crippen LogP contribution in [0.25, 0.3) is 11.1 Å². The van der Waals surface area contributed by atoms with Crippen molar-refractivity contribution in [2.75, 3.05) is 26.6 Å². The maximum absolute atomic E-state index is 13.1. The molecule has 1 aliphatic carbocycles. The molecule has 6 heteroatoms. The van der Waals surface area contributed by atoms with E-state index in [2.05, 4.69) is 25.2 Å². The van der Waals surface area contributed by atoms with Gasteiger partial charge < -0.3 is 24.6 Å². The molecule has 192 valence electrons. The van der Waals surface area contributed by atoms with Gasteiger partial charge >= 0.3 is 0 Å². The number of allylic oxidation sites excluding steroid dienone is 3. The minimum Gasteiger partial charge on any atom is -0.502 e. The SMILES string of the molecule is COc1ccc2c(c1)C(CC(=O)Nc1ccc(C)c(C)c1)=C(C)/C2=C/Cc1cc(OC)c(O)c(OC)c1. The summed E-state index contributed by atoms with van der Waals surface area (Å²) in [6.07, 6.45) is 2.98. The summed E-state index contributed by atoms with van der Waals surface area (Å²) in [5.74, 6) is 1.38. The molecule has 37 heavy (non-hydrogen) atoms. The molecule has 0 aromatic heterocycles. The van der Waals surface area contributed by atoms with Gasteiger partial charge in [0.05, 0.1) is 27.8 Å². The Bertz CT molecular complexity index is 1390. The molecule has 0 heterocycles. The predicted molar refractivity (Wildman–Crippen MR) is 148 cm³/mol. The van der Waals surface area contributed by atoms with Gasteiger partial charge in [-0.3, -0.25) is 4.79 Å². The molecule has 0 radical (unpaired) electrons. The second-order valence-electron chi connectivity index (χ2n) is 9.21. The molecule has 1 aliphatic rings. The molecule has 0 saturated carbocycles. The molecular formula is C31H33NO5. The first kappa shape index (κ1) is 25.9. The monoisotopic (exact) mass is 499 g/mol. The fourth-order valence-electron chi connectivity index (χ4n) is 4.66. The van der Waals surface area contributed by atoms with Crippen molar-refractivity contribution in [3.63, 3.8) is 0 Å². The lowest BCUT2D eigenvalue weighted by Gasteiger charge is -2.11. The number of nitrogens with one attached hydrogen (secondary N) is 1. The van der Waals surface area contributed by atoms with Crippen LogP contribution < -0.4 is 19.5 Å². The van der Waals surface area contributed by atoms with Gasteiger partial charge in [0, 0.05) is 5.69 Å². The number of aryl methyl sites for hydroxylation is 2. The Hall–Kier alpha value is -4.19. The lowest BCUT2D eigenvalue weighted by atomic mass is 10.00. The summed E-state index contributed by atoms with van der Waals surface area (Å²) in [4.78, 5) is 13.1. The first-order valence-corrected chi connectivity index (χ1v) is 12.2. The third-order valence-corrected chi connectivity index (χ3v) is 6.91. The van der Waals surface area contributed by atoms with Gasteiger partial charge in [0.15, 0.2) is 11.5 Å². The maximum atomic E-state index is 13.1. The van der Waals surface area contributed by atoms with Gasteiger partial charge in [0.25, 0.3) is 0 Å². The van der Waals surface area contributed by atoms with E-state index in [0.717, 1.165) is 50.4 Å². The number of phenolic OH excluding ortho intramolecular Hbond substituents is 1. The van der Waals surface area contributed by atoms with Gasteiger partial charge in [0.2, 0.25) is 11.7 Å². The van der Waals surface area contributed by atoms with Crippen molar-refractivity contribution in [3.05, 3.63) is 88.0 Å². The van der Waals surface area contributed by atoms with Gasteiger partial charge in [-0.25, -0.2) is 0 Å². The van der Waals surface area contributed by atoms with Crippen LogP contribution in [-0.2, 0) is 11.2 Å². The van der Waals surface area contributed by atoms with Crippen molar-refractivity contribution in [2.24, 2.45) is 0 Å². The van der Waals surface area contributed by atoms with Crippen LogP contribution in [0.1, 0.15) is 41.2 Å². The minimum atomic E-state index is -0.0689. The van der Waals surface area contributed by atoms with E-state index >= 15 is 0 Å². The first-order chi connectivity index (χ1) is 17.7. The number of hydrogen-bond acceptors (Lipinski definition) is 5. The van der Waals surface area contributed by atoms with Crippen LogP contribution in [0, 0.1) is 13.8 Å². The first-order valence-electron chi connectivity index (χ1n) is 12.2. The van der Waals surface area contributed by atoms with Crippen LogP contribution in [0.5, 0.6) is 23.0 Å². The summed E-state index contributed by atoms with van der Waals surface area (Å²) in [5.41, 5.74) is 9.20. The molecular weight excluding hydrogens is 466 g/mol. The number of carbonyl (C=O) groups excluding carboxylic acids is 1. The molecule has 0 atom stereocenters. The third-order valence-electron chi connectivity index (χ3n) is 6.91. The Labute approximate surface area is 218 Å². The average Bonchev–Trinajstić information content (AvgIpc) is 3.15. The van der Waals surface area contributed by atoms with Crippen LogP contribution in [0.2, 0.25) is 0 Å². The molecule has 4 rings (SSSR count). The average molecular weight is 500 g/mol. The van der Waals surface area contributed by atoms with E-state index in [9.17, 15) is 9.90 Å². The number of hydrogen-bond donors (Lipinski definition) is 2. The molecule has 0 bridgehead atoms. The zero-order valence-corrected chi connectivity index (χ0v) is 22.2. The quantitative estimate of drug-likeness (QED) is 0.371. The molecule has 3 aromatic rings. The molecule has 0 fully saturated rings. The van der Waals surface area contributed by atoms with E-state index in [1.165, 1.54) is 19.8 Å². The van der Waals surface area contributed by atoms with Crippen molar-refractivity contribution in [2.45, 2.75) is 33.6 Å². The summed E-state index contributed by atoms with van der Waals surface area (Å²) in [5, 5.41) is 13.3. The normalized spacial score (nSPS) is 13.5. The number of fused-ring (bicyclic) bond motifs is 1. The van der Waals surface area contributed by atoms with Crippen molar-refractivity contribution in [1.82, 2.24) is 0 Å². The number of amides is 1. The van der Waals surface area contributed by atoms with Crippen molar-refractivity contribution < 1.29 is 24.1 Å². The van der Waals surface area contributed by atoms with Gasteiger partial charge in [0.1, 0.15) is 5.75 Å². The van der Waals surface area contributed by atoms with Crippen LogP contribution in [-0.4, -0.2) is 32.3 Å². The molecule has 6 nitrogen and oxygen atoms in total. The highest BCUT2D eigenvalue weighted by atomic mass is 16.5. The third kappa shape index (κ3) is 5.33. The highest BCUT2D eigenvalue weighted by Crippen LogP contribution is 2.45. The Morgan fingerprint density at radius 2 is 1.57 bits per heavy atom. The van der Waals surface area contributed by atoms with E-state index in [1.807, 2.05) is 43.3 Å². The standard InChI is InChI=1S/C31H33NO5/c1-18-7-9-22(13-19(18)2)32-30(33)17-26-20(3)24(25-12-10-23(35-4)16-27(25)26)11-8-21-14-28(36-5)31(34)29(15-21)37-6/h7,9-16,34H,8,17H2,1-6H3,(H,32,33)/b24-11-. The summed E-state index contributed by atoms with van der Waals surface area (Å²) in [7, 11) is 4.67. The summed E-state index contributed by atoms with van der Waals surface area (Å²) in [6, 6.07) is 15.5. The number of rotatable bonds is 8. The van der Waals surface area contributed by atoms with E-state index in [-0.39, 0.29) is 18.1 Å². The Kier molecular flexibility index (Phi) is 7.58. The summed E-state index contributed by atoms with van der Waals surface area (Å²) >= 11 is 0. The van der Waals surface area contributed by atoms with Crippen molar-refractivity contribution in [1.29, 1.82) is 0 Å². The molecule has 2 N–H and O–H groups in total. The van der Waals surface area contributed by atoms with Crippen LogP contribution in [0.3, 0.4) is 0 Å². The van der Waals surface area contributed by atoms with Crippen LogP contribution >= 0.6 is 0 Å². The predicted octanol–water partition coefficient (Wildman–Crippen LogP) is 6.48. The number of anilines is 1. The number of phenols is 1. The van der Waals surface area contributed by atoms with Gasteiger partial charge in [-0.2, -0.15) is 0 Å². The van der Waals surface area contributed by atoms with E-state index in [0.29, 0.717) is 17.9 Å². The Balaban J connectivity index is 1.66. The second kappa shape index (κ2) is 10.8. The van der Waals surface area contributed by atoms with Gasteiger partial charge in [-0.1, -0.05) is 18.2 Å². The van der Waals surface area contributed by atoms with Gasteiger partial charge in [-0.15, -0.1) is 0 Å². The van der Waals surface area contributed by atoms with E-state index in [1.54, 1.807) is 19.2 Å². The fraction of sp³-hybridized carbons (Fsp3) is 0.258. The number of methoxy groups -OCH3 is 3. The molecule has 0 spiro atoms. The number of ether oxygens (including phenoxy) is 3. The van der Waals surface area contributed by atoms with Crippen molar-refractivity contribution >= 4 is 22.7 Å². The Morgan fingerprint density at radius 1 is 0.865 bits per heavy atom. The molecule has 0 unspecified atom stereocenters. The largest absolute Gasteiger partial charge is 0.502 e. The van der Waals surface area contributed by atoms with Crippen molar-refractivity contribution in [3.8, 4) is 23.0 Å². The number of aromatic hydroxyl groups is 1. The molecule has 0 aliphatic heterocycles. The summed E-state index contributed by atoms with van der Waals surface area (Å²) in [6.45, 7) is 6.14. The molecule has 3 aromatic carbocycles. The van der Waals surface area contributed by atoms with E-state index < -0.39 is 0 Å². The fourth-order valence-corrected chi connectivity index (χ4v) is 4.66. The topological polar surface area (TPSA) is 77.0 Å². The highest BCUT2D eigenvalue weighted by molar-refractivity contribution is 6.07. The highest BCUT2D eigenvalue weighted by Gasteiger charge is 2.26. The van der Waals surface area contributed by atoms with E-state index in [4.69, 9.17) is 14.2 Å². The minimum absolute atomic E-state index is 0.0205. The zero-order valence-electron chi connectivity index (χ0n) is 22.2. The molecule has 1 amide bonds. The number of carbonyl (C=O) groups is 1. The lowest BCUT2D eigenvalue weighted by Crippen LogP contribution is -2.12. The smallest absolute Gasteiger partial charge is 0.228 e. The maximum Gasteiger partial charge on any atom is 0.228 e. The Morgan fingerprint density at radius 3 is 2.19 bits per heavy atom.